The number of Topliss-reactive ketones (excluding diaryl/α,β-unsaturated/α-hetero) is 1. The third-order valence-corrected chi connectivity index (χ3v) is 2.48. The molecule has 0 aromatic rings. The van der Waals surface area contributed by atoms with E-state index in [-0.39, 0.29) is 17.7 Å². The third-order valence-electron chi connectivity index (χ3n) is 2.48. The highest BCUT2D eigenvalue weighted by Gasteiger charge is 2.31. The topological polar surface area (TPSA) is 52.6 Å². The molecule has 1 atom stereocenters. The van der Waals surface area contributed by atoms with Crippen LogP contribution >= 0.6 is 0 Å². The van der Waals surface area contributed by atoms with E-state index in [1.54, 1.807) is 6.92 Å². The first-order valence-corrected chi connectivity index (χ1v) is 4.47. The lowest BCUT2D eigenvalue weighted by Gasteiger charge is -2.22. The predicted octanol–water partition coefficient (Wildman–Crippen LogP) is 1.06. The lowest BCUT2D eigenvalue weighted by Crippen LogP contribution is -2.26. The zero-order valence-corrected chi connectivity index (χ0v) is 8.62. The van der Waals surface area contributed by atoms with Gasteiger partial charge in [-0.3, -0.25) is 9.59 Å². The van der Waals surface area contributed by atoms with Gasteiger partial charge in [0.25, 0.3) is 0 Å². The van der Waals surface area contributed by atoms with E-state index in [1.165, 1.54) is 14.2 Å². The molecule has 78 valence electrons. The minimum absolute atomic E-state index is 0.0369. The average molecular weight is 198 g/mol. The first kappa shape index (κ1) is 10.8. The summed E-state index contributed by atoms with van der Waals surface area (Å²) in [5, 5.41) is 0. The molecule has 1 aliphatic rings. The fraction of sp³-hybridized carbons (Fsp3) is 0.600. The summed E-state index contributed by atoms with van der Waals surface area (Å²) in [6, 6.07) is 0. The zero-order chi connectivity index (χ0) is 10.7. The van der Waals surface area contributed by atoms with Gasteiger partial charge in [0.15, 0.2) is 11.5 Å². The highest BCUT2D eigenvalue weighted by molar-refractivity contribution is 5.97. The molecule has 14 heavy (non-hydrogen) atoms. The van der Waals surface area contributed by atoms with Crippen LogP contribution < -0.4 is 0 Å². The van der Waals surface area contributed by atoms with Crippen molar-refractivity contribution >= 4 is 11.8 Å². The molecule has 0 aromatic carbocycles. The normalized spacial score (nSPS) is 22.2. The maximum Gasteiger partial charge on any atom is 0.312 e. The van der Waals surface area contributed by atoms with Crippen molar-refractivity contribution in [1.82, 2.24) is 0 Å². The number of esters is 1. The fourth-order valence-corrected chi connectivity index (χ4v) is 1.70. The Hall–Kier alpha value is -1.32. The van der Waals surface area contributed by atoms with Gasteiger partial charge in [-0.1, -0.05) is 0 Å². The Bertz CT molecular complexity index is 290. The van der Waals surface area contributed by atoms with Gasteiger partial charge in [0, 0.05) is 6.42 Å². The van der Waals surface area contributed by atoms with Crippen LogP contribution in [-0.2, 0) is 19.1 Å². The molecule has 0 heterocycles. The van der Waals surface area contributed by atoms with Crippen LogP contribution in [0.15, 0.2) is 11.3 Å². The molecule has 0 N–H and O–H groups in total. The number of rotatable bonds is 2. The Kier molecular flexibility index (Phi) is 3.28. The van der Waals surface area contributed by atoms with Crippen LogP contribution in [0.3, 0.4) is 0 Å². The van der Waals surface area contributed by atoms with Gasteiger partial charge in [0.2, 0.25) is 0 Å². The molecule has 1 rings (SSSR count). The van der Waals surface area contributed by atoms with Crippen molar-refractivity contribution < 1.29 is 19.1 Å². The Morgan fingerprint density at radius 3 is 2.57 bits per heavy atom. The molecule has 0 fully saturated rings. The first-order valence-electron chi connectivity index (χ1n) is 4.47. The van der Waals surface area contributed by atoms with Crippen LogP contribution in [0, 0.1) is 5.92 Å². The van der Waals surface area contributed by atoms with E-state index in [0.717, 1.165) is 0 Å². The van der Waals surface area contributed by atoms with Crippen LogP contribution in [0.4, 0.5) is 0 Å². The van der Waals surface area contributed by atoms with E-state index in [9.17, 15) is 9.59 Å². The number of carbonyl (C=O) groups excluding carboxylic acids is 2. The molecule has 0 saturated carbocycles. The minimum atomic E-state index is -0.326. The number of ether oxygens (including phenoxy) is 2. The van der Waals surface area contributed by atoms with Gasteiger partial charge < -0.3 is 9.47 Å². The Labute approximate surface area is 82.9 Å². The molecule has 0 bridgehead atoms. The lowest BCUT2D eigenvalue weighted by atomic mass is 9.87. The van der Waals surface area contributed by atoms with E-state index in [4.69, 9.17) is 4.74 Å². The summed E-state index contributed by atoms with van der Waals surface area (Å²) in [7, 11) is 2.79. The maximum absolute atomic E-state index is 11.4. The standard InChI is InChI=1S/C10H14O4/c1-6-7(10(12)14-3)4-5-8(11)9(6)13-2/h7H,4-5H2,1-3H3. The zero-order valence-electron chi connectivity index (χ0n) is 8.62. The van der Waals surface area contributed by atoms with Crippen molar-refractivity contribution in [1.29, 1.82) is 0 Å². The smallest absolute Gasteiger partial charge is 0.312 e. The van der Waals surface area contributed by atoms with E-state index in [2.05, 4.69) is 4.74 Å². The van der Waals surface area contributed by atoms with Crippen LogP contribution in [0.2, 0.25) is 0 Å². The summed E-state index contributed by atoms with van der Waals surface area (Å²) in [4.78, 5) is 22.7. The molecule has 4 nitrogen and oxygen atoms in total. The molecule has 4 heteroatoms. The minimum Gasteiger partial charge on any atom is -0.493 e. The maximum atomic E-state index is 11.4. The molecule has 0 spiro atoms. The van der Waals surface area contributed by atoms with Crippen molar-refractivity contribution in [2.75, 3.05) is 14.2 Å². The van der Waals surface area contributed by atoms with Gasteiger partial charge in [0.1, 0.15) is 0 Å². The van der Waals surface area contributed by atoms with Crippen LogP contribution in [0.25, 0.3) is 0 Å². The number of ketones is 1. The largest absolute Gasteiger partial charge is 0.493 e. The first-order chi connectivity index (χ1) is 6.61. The highest BCUT2D eigenvalue weighted by Crippen LogP contribution is 2.28. The van der Waals surface area contributed by atoms with Crippen molar-refractivity contribution in [2.24, 2.45) is 5.92 Å². The number of allylic oxidation sites excluding steroid dienone is 1. The van der Waals surface area contributed by atoms with E-state index in [0.29, 0.717) is 24.2 Å². The second-order valence-corrected chi connectivity index (χ2v) is 3.25. The van der Waals surface area contributed by atoms with Gasteiger partial charge in [-0.2, -0.15) is 0 Å². The Morgan fingerprint density at radius 2 is 2.07 bits per heavy atom. The van der Waals surface area contributed by atoms with E-state index < -0.39 is 0 Å². The summed E-state index contributed by atoms with van der Waals surface area (Å²) >= 11 is 0. The van der Waals surface area contributed by atoms with Crippen LogP contribution in [-0.4, -0.2) is 26.0 Å². The van der Waals surface area contributed by atoms with Gasteiger partial charge in [-0.05, 0) is 18.9 Å². The summed E-state index contributed by atoms with van der Waals surface area (Å²) in [5.74, 6) is -0.353. The van der Waals surface area contributed by atoms with Crippen LogP contribution in [0.1, 0.15) is 19.8 Å². The number of hydrogen-bond donors (Lipinski definition) is 0. The van der Waals surface area contributed by atoms with E-state index >= 15 is 0 Å². The Balaban J connectivity index is 2.97. The second kappa shape index (κ2) is 4.26. The monoisotopic (exact) mass is 198 g/mol. The summed E-state index contributed by atoms with van der Waals surface area (Å²) < 4.78 is 9.61. The third kappa shape index (κ3) is 1.78. The average Bonchev–Trinajstić information content (AvgIpc) is 2.18. The summed E-state index contributed by atoms with van der Waals surface area (Å²) in [6.45, 7) is 1.73. The van der Waals surface area contributed by atoms with Gasteiger partial charge >= 0.3 is 5.97 Å². The van der Waals surface area contributed by atoms with Gasteiger partial charge in [-0.25, -0.2) is 0 Å². The van der Waals surface area contributed by atoms with Gasteiger partial charge in [0.05, 0.1) is 20.1 Å². The molecule has 0 aromatic heterocycles. The van der Waals surface area contributed by atoms with Crippen molar-refractivity contribution in [3.63, 3.8) is 0 Å². The van der Waals surface area contributed by atoms with Gasteiger partial charge in [-0.15, -0.1) is 0 Å². The summed E-state index contributed by atoms with van der Waals surface area (Å²) in [6.07, 6.45) is 0.866. The fourth-order valence-electron chi connectivity index (χ4n) is 1.70. The number of carbonyl (C=O) groups is 2. The van der Waals surface area contributed by atoms with Crippen LogP contribution in [0.5, 0.6) is 0 Å². The predicted molar refractivity (Wildman–Crippen MR) is 49.5 cm³/mol. The number of methoxy groups -OCH3 is 2. The molecule has 0 radical (unpaired) electrons. The molecule has 0 saturated heterocycles. The molecular formula is C10H14O4. The van der Waals surface area contributed by atoms with Crippen molar-refractivity contribution in [2.45, 2.75) is 19.8 Å². The highest BCUT2D eigenvalue weighted by atomic mass is 16.5. The Morgan fingerprint density at radius 1 is 1.43 bits per heavy atom. The number of hydrogen-bond acceptors (Lipinski definition) is 4. The molecular weight excluding hydrogens is 184 g/mol. The van der Waals surface area contributed by atoms with Crippen molar-refractivity contribution in [3.8, 4) is 0 Å². The quantitative estimate of drug-likeness (QED) is 0.622. The molecule has 0 amide bonds. The van der Waals surface area contributed by atoms with Crippen molar-refractivity contribution in [3.05, 3.63) is 11.3 Å². The SMILES string of the molecule is COC(=O)C1CCC(=O)C(OC)=C1C. The lowest BCUT2D eigenvalue weighted by molar-refractivity contribution is -0.144. The molecule has 0 aliphatic heterocycles. The summed E-state index contributed by atoms with van der Waals surface area (Å²) in [5.41, 5.74) is 0.676. The molecule has 1 aliphatic carbocycles. The molecule has 1 unspecified atom stereocenters. The second-order valence-electron chi connectivity index (χ2n) is 3.25. The van der Waals surface area contributed by atoms with E-state index in [1.807, 2.05) is 0 Å².